The lowest BCUT2D eigenvalue weighted by molar-refractivity contribution is 0.0912. The lowest BCUT2D eigenvalue weighted by atomic mass is 10.2. The summed E-state index contributed by atoms with van der Waals surface area (Å²) in [4.78, 5) is 11.8. The first-order valence-corrected chi connectivity index (χ1v) is 6.14. The SMILES string of the molecule is CC(CO)CNC(=O)c1ccc(Cn2cccn2)o1. The van der Waals surface area contributed by atoms with Crippen LogP contribution in [0.3, 0.4) is 0 Å². The topological polar surface area (TPSA) is 80.3 Å². The van der Waals surface area contributed by atoms with Crippen molar-refractivity contribution in [1.82, 2.24) is 15.1 Å². The number of hydrogen-bond acceptors (Lipinski definition) is 4. The molecule has 0 radical (unpaired) electrons. The Kier molecular flexibility index (Phi) is 4.35. The van der Waals surface area contributed by atoms with Gasteiger partial charge in [0.15, 0.2) is 5.76 Å². The highest BCUT2D eigenvalue weighted by Gasteiger charge is 2.12. The van der Waals surface area contributed by atoms with E-state index in [0.717, 1.165) is 0 Å². The fourth-order valence-corrected chi connectivity index (χ4v) is 1.56. The largest absolute Gasteiger partial charge is 0.454 e. The first-order valence-electron chi connectivity index (χ1n) is 6.14. The molecule has 2 aromatic heterocycles. The van der Waals surface area contributed by atoms with Crippen LogP contribution in [0.15, 0.2) is 35.0 Å². The summed E-state index contributed by atoms with van der Waals surface area (Å²) in [7, 11) is 0. The fraction of sp³-hybridized carbons (Fsp3) is 0.385. The minimum Gasteiger partial charge on any atom is -0.454 e. The maximum Gasteiger partial charge on any atom is 0.287 e. The van der Waals surface area contributed by atoms with Crippen molar-refractivity contribution < 1.29 is 14.3 Å². The molecular formula is C13H17N3O3. The molecule has 0 aliphatic rings. The number of hydrogen-bond donors (Lipinski definition) is 2. The Morgan fingerprint density at radius 2 is 2.42 bits per heavy atom. The minimum absolute atomic E-state index is 0.0301. The predicted molar refractivity (Wildman–Crippen MR) is 68.6 cm³/mol. The van der Waals surface area contributed by atoms with E-state index in [1.165, 1.54) is 0 Å². The van der Waals surface area contributed by atoms with E-state index in [4.69, 9.17) is 9.52 Å². The van der Waals surface area contributed by atoms with E-state index in [1.807, 2.05) is 19.2 Å². The Morgan fingerprint density at radius 1 is 1.58 bits per heavy atom. The Labute approximate surface area is 111 Å². The van der Waals surface area contributed by atoms with Crippen LogP contribution in [0.4, 0.5) is 0 Å². The summed E-state index contributed by atoms with van der Waals surface area (Å²) in [6.45, 7) is 2.81. The van der Waals surface area contributed by atoms with Crippen LogP contribution in [0.2, 0.25) is 0 Å². The van der Waals surface area contributed by atoms with Crippen LogP contribution in [0, 0.1) is 5.92 Å². The van der Waals surface area contributed by atoms with Crippen molar-refractivity contribution in [3.63, 3.8) is 0 Å². The molecule has 2 aromatic rings. The van der Waals surface area contributed by atoms with E-state index in [1.54, 1.807) is 23.0 Å². The molecule has 2 N–H and O–H groups in total. The number of aliphatic hydroxyl groups excluding tert-OH is 1. The second kappa shape index (κ2) is 6.19. The van der Waals surface area contributed by atoms with E-state index in [9.17, 15) is 4.79 Å². The Balaban J connectivity index is 1.91. The van der Waals surface area contributed by atoms with E-state index < -0.39 is 0 Å². The van der Waals surface area contributed by atoms with Gasteiger partial charge >= 0.3 is 0 Å². The zero-order valence-electron chi connectivity index (χ0n) is 10.7. The molecule has 0 aliphatic carbocycles. The summed E-state index contributed by atoms with van der Waals surface area (Å²) in [6.07, 6.45) is 3.51. The zero-order chi connectivity index (χ0) is 13.7. The Hall–Kier alpha value is -2.08. The van der Waals surface area contributed by atoms with Gasteiger partial charge in [-0.2, -0.15) is 5.10 Å². The van der Waals surface area contributed by atoms with Crippen molar-refractivity contribution in [1.29, 1.82) is 0 Å². The molecule has 102 valence electrons. The molecule has 1 amide bonds. The lowest BCUT2D eigenvalue weighted by Crippen LogP contribution is -2.29. The van der Waals surface area contributed by atoms with Gasteiger partial charge in [0.2, 0.25) is 0 Å². The third-order valence-electron chi connectivity index (χ3n) is 2.69. The molecule has 0 saturated carbocycles. The second-order valence-electron chi connectivity index (χ2n) is 4.47. The van der Waals surface area contributed by atoms with Gasteiger partial charge in [-0.3, -0.25) is 9.48 Å². The molecule has 6 nitrogen and oxygen atoms in total. The second-order valence-corrected chi connectivity index (χ2v) is 4.47. The third-order valence-corrected chi connectivity index (χ3v) is 2.69. The van der Waals surface area contributed by atoms with Crippen LogP contribution in [0.25, 0.3) is 0 Å². The fourth-order valence-electron chi connectivity index (χ4n) is 1.56. The number of nitrogens with one attached hydrogen (secondary N) is 1. The van der Waals surface area contributed by atoms with E-state index in [2.05, 4.69) is 10.4 Å². The van der Waals surface area contributed by atoms with Gasteiger partial charge < -0.3 is 14.8 Å². The number of carbonyl (C=O) groups is 1. The average molecular weight is 263 g/mol. The molecule has 2 heterocycles. The summed E-state index contributed by atoms with van der Waals surface area (Å²) in [5.74, 6) is 0.700. The van der Waals surface area contributed by atoms with Gasteiger partial charge in [0.25, 0.3) is 5.91 Å². The van der Waals surface area contributed by atoms with Gasteiger partial charge in [-0.1, -0.05) is 6.92 Å². The molecule has 1 atom stereocenters. The highest BCUT2D eigenvalue weighted by atomic mass is 16.4. The van der Waals surface area contributed by atoms with Gasteiger partial charge in [0.1, 0.15) is 5.76 Å². The maximum absolute atomic E-state index is 11.8. The number of carbonyl (C=O) groups excluding carboxylic acids is 1. The highest BCUT2D eigenvalue weighted by molar-refractivity contribution is 5.91. The van der Waals surface area contributed by atoms with Crippen LogP contribution in [-0.4, -0.2) is 33.9 Å². The molecular weight excluding hydrogens is 246 g/mol. The van der Waals surface area contributed by atoms with Crippen molar-refractivity contribution in [2.45, 2.75) is 13.5 Å². The molecule has 0 aromatic carbocycles. The first kappa shape index (κ1) is 13.4. The lowest BCUT2D eigenvalue weighted by Gasteiger charge is -2.07. The van der Waals surface area contributed by atoms with Crippen molar-refractivity contribution in [3.8, 4) is 0 Å². The van der Waals surface area contributed by atoms with Crippen molar-refractivity contribution in [2.24, 2.45) is 5.92 Å². The van der Waals surface area contributed by atoms with Crippen molar-refractivity contribution in [3.05, 3.63) is 42.1 Å². The molecule has 0 fully saturated rings. The van der Waals surface area contributed by atoms with Gasteiger partial charge in [-0.15, -0.1) is 0 Å². The molecule has 1 unspecified atom stereocenters. The van der Waals surface area contributed by atoms with Crippen LogP contribution >= 0.6 is 0 Å². The van der Waals surface area contributed by atoms with Crippen LogP contribution < -0.4 is 5.32 Å². The maximum atomic E-state index is 11.8. The Bertz CT molecular complexity index is 519. The van der Waals surface area contributed by atoms with Crippen LogP contribution in [-0.2, 0) is 6.54 Å². The summed E-state index contributed by atoms with van der Waals surface area (Å²) in [5, 5.41) is 15.7. The number of furan rings is 1. The molecule has 0 aliphatic heterocycles. The smallest absolute Gasteiger partial charge is 0.287 e. The summed E-state index contributed by atoms with van der Waals surface area (Å²) < 4.78 is 7.17. The monoisotopic (exact) mass is 263 g/mol. The first-order chi connectivity index (χ1) is 9.19. The summed E-state index contributed by atoms with van der Waals surface area (Å²) in [6, 6.07) is 5.22. The number of aromatic nitrogens is 2. The quantitative estimate of drug-likeness (QED) is 0.811. The molecule has 0 spiro atoms. The third kappa shape index (κ3) is 3.69. The van der Waals surface area contributed by atoms with Gasteiger partial charge in [0, 0.05) is 25.5 Å². The predicted octanol–water partition coefficient (Wildman–Crippen LogP) is 0.883. The standard InChI is InChI=1S/C13H17N3O3/c1-10(9-17)7-14-13(18)12-4-3-11(19-12)8-16-6-2-5-15-16/h2-6,10,17H,7-9H2,1H3,(H,14,18). The molecule has 19 heavy (non-hydrogen) atoms. The molecule has 0 bridgehead atoms. The molecule has 0 saturated heterocycles. The average Bonchev–Trinajstić information content (AvgIpc) is 3.07. The van der Waals surface area contributed by atoms with Gasteiger partial charge in [-0.05, 0) is 24.1 Å². The zero-order valence-corrected chi connectivity index (χ0v) is 10.7. The highest BCUT2D eigenvalue weighted by Crippen LogP contribution is 2.09. The summed E-state index contributed by atoms with van der Waals surface area (Å²) >= 11 is 0. The van der Waals surface area contributed by atoms with Gasteiger partial charge in [0.05, 0.1) is 6.54 Å². The summed E-state index contributed by atoms with van der Waals surface area (Å²) in [5.41, 5.74) is 0. The molecule has 2 rings (SSSR count). The van der Waals surface area contributed by atoms with Crippen molar-refractivity contribution in [2.75, 3.05) is 13.2 Å². The number of aliphatic hydroxyl groups is 1. The number of nitrogens with zero attached hydrogens (tertiary/aromatic N) is 2. The Morgan fingerprint density at radius 3 is 3.11 bits per heavy atom. The minimum atomic E-state index is -0.271. The van der Waals surface area contributed by atoms with E-state index in [0.29, 0.717) is 18.8 Å². The molecule has 6 heteroatoms. The van der Waals surface area contributed by atoms with E-state index in [-0.39, 0.29) is 24.2 Å². The number of rotatable bonds is 6. The van der Waals surface area contributed by atoms with Gasteiger partial charge in [-0.25, -0.2) is 0 Å². The van der Waals surface area contributed by atoms with E-state index >= 15 is 0 Å². The normalized spacial score (nSPS) is 12.3. The van der Waals surface area contributed by atoms with Crippen LogP contribution in [0.1, 0.15) is 23.2 Å². The van der Waals surface area contributed by atoms with Crippen LogP contribution in [0.5, 0.6) is 0 Å². The number of amides is 1. The van der Waals surface area contributed by atoms with Crippen molar-refractivity contribution >= 4 is 5.91 Å².